The highest BCUT2D eigenvalue weighted by molar-refractivity contribution is 6.22. The van der Waals surface area contributed by atoms with Crippen molar-refractivity contribution in [3.05, 3.63) is 0 Å². The fraction of sp³-hybridized carbons (Fsp3) is 1.00. The molecule has 0 aromatic rings. The van der Waals surface area contributed by atoms with Gasteiger partial charge in [-0.2, -0.15) is 17.6 Å². The van der Waals surface area contributed by atoms with E-state index in [1.807, 2.05) is 0 Å². The highest BCUT2D eigenvalue weighted by Gasteiger charge is 2.60. The summed E-state index contributed by atoms with van der Waals surface area (Å²) in [5.74, 6) is -4.79. The van der Waals surface area contributed by atoms with E-state index in [2.05, 4.69) is 11.6 Å². The molecule has 0 saturated heterocycles. The summed E-state index contributed by atoms with van der Waals surface area (Å²) in [4.78, 5) is 0. The minimum Gasteiger partial charge on any atom is -0.241 e. The van der Waals surface area contributed by atoms with E-state index in [0.717, 1.165) is 6.92 Å². The van der Waals surface area contributed by atoms with Crippen molar-refractivity contribution in [2.75, 3.05) is 0 Å². The van der Waals surface area contributed by atoms with Gasteiger partial charge >= 0.3 is 11.3 Å². The maximum absolute atomic E-state index is 12.1. The molecule has 0 rings (SSSR count). The van der Waals surface area contributed by atoms with Gasteiger partial charge in [-0.1, -0.05) is 6.92 Å². The van der Waals surface area contributed by atoms with Crippen LogP contribution in [0.25, 0.3) is 0 Å². The molecule has 0 radical (unpaired) electrons. The third kappa shape index (κ3) is 2.18. The molecule has 0 saturated carbocycles. The molecule has 68 valence electrons. The van der Waals surface area contributed by atoms with E-state index < -0.39 is 23.9 Å². The Balaban J connectivity index is 4.45. The van der Waals surface area contributed by atoms with E-state index in [1.165, 1.54) is 0 Å². The maximum atomic E-state index is 12.1. The van der Waals surface area contributed by atoms with Gasteiger partial charge in [-0.15, -0.1) is 0 Å². The summed E-state index contributed by atoms with van der Waals surface area (Å²) in [5, 5.41) is -4.82. The Hall–Kier alpha value is -0.0600. The van der Waals surface area contributed by atoms with Crippen LogP contribution in [-0.2, 0) is 0 Å². The largest absolute Gasteiger partial charge is 0.387 e. The van der Waals surface area contributed by atoms with Crippen molar-refractivity contribution >= 4 is 11.6 Å². The third-order valence-corrected chi connectivity index (χ3v) is 1.38. The molecular weight excluding hydrogens is 190 g/mol. The molecule has 0 aliphatic rings. The zero-order valence-corrected chi connectivity index (χ0v) is 6.31. The second-order valence-corrected chi connectivity index (χ2v) is 2.47. The molecule has 0 bridgehead atoms. The molecule has 0 N–H and O–H groups in total. The summed E-state index contributed by atoms with van der Waals surface area (Å²) < 4.78 is 59.7. The first kappa shape index (κ1) is 10.9. The van der Waals surface area contributed by atoms with Crippen LogP contribution in [0.1, 0.15) is 13.3 Å². The zero-order chi connectivity index (χ0) is 9.28. The van der Waals surface area contributed by atoms with Gasteiger partial charge in [0.15, 0.2) is 6.17 Å². The molecule has 6 heteroatoms. The molecule has 1 atom stereocenters. The van der Waals surface area contributed by atoms with Gasteiger partial charge in [0, 0.05) is 0 Å². The summed E-state index contributed by atoms with van der Waals surface area (Å²) in [6.07, 6.45) is -3.61. The average Bonchev–Trinajstić information content (AvgIpc) is 1.83. The smallest absolute Gasteiger partial charge is 0.241 e. The Morgan fingerprint density at radius 3 is 1.73 bits per heavy atom. The van der Waals surface area contributed by atoms with Gasteiger partial charge in [-0.05, 0) is 18.0 Å². The summed E-state index contributed by atoms with van der Waals surface area (Å²) in [6.45, 7) is 1.03. The number of halogens is 6. The van der Waals surface area contributed by atoms with E-state index in [0.29, 0.717) is 0 Å². The Bertz CT molecular complexity index is 129. The van der Waals surface area contributed by atoms with Gasteiger partial charge in [0.2, 0.25) is 0 Å². The van der Waals surface area contributed by atoms with Crippen molar-refractivity contribution in [3.8, 4) is 0 Å². The predicted molar refractivity (Wildman–Crippen MR) is 30.9 cm³/mol. The Labute approximate surface area is 65.3 Å². The van der Waals surface area contributed by atoms with Crippen LogP contribution in [0.4, 0.5) is 22.0 Å². The standard InChI is InChI=1S/C5H6ClF5/c1-2-3(7)4(8,9)5(6,10)11/h3H,2H2,1H3. The van der Waals surface area contributed by atoms with Crippen LogP contribution in [0.5, 0.6) is 0 Å². The summed E-state index contributed by atoms with van der Waals surface area (Å²) in [7, 11) is 0. The topological polar surface area (TPSA) is 0 Å². The van der Waals surface area contributed by atoms with Gasteiger partial charge < -0.3 is 0 Å². The highest BCUT2D eigenvalue weighted by Crippen LogP contribution is 2.42. The molecule has 0 aromatic heterocycles. The zero-order valence-electron chi connectivity index (χ0n) is 5.55. The molecule has 0 aromatic carbocycles. The Morgan fingerprint density at radius 1 is 1.27 bits per heavy atom. The van der Waals surface area contributed by atoms with E-state index in [1.54, 1.807) is 0 Å². The Kier molecular flexibility index (Phi) is 3.11. The fourth-order valence-electron chi connectivity index (χ4n) is 0.434. The van der Waals surface area contributed by atoms with Gasteiger partial charge in [0.05, 0.1) is 0 Å². The van der Waals surface area contributed by atoms with Gasteiger partial charge in [0.1, 0.15) is 0 Å². The second-order valence-electron chi connectivity index (χ2n) is 2.00. The van der Waals surface area contributed by atoms with Crippen molar-refractivity contribution in [3.63, 3.8) is 0 Å². The number of hydrogen-bond donors (Lipinski definition) is 0. The molecule has 0 heterocycles. The molecule has 0 aliphatic heterocycles. The third-order valence-electron chi connectivity index (χ3n) is 1.13. The van der Waals surface area contributed by atoms with Crippen molar-refractivity contribution in [2.45, 2.75) is 30.8 Å². The first-order valence-corrected chi connectivity index (χ1v) is 3.20. The fourth-order valence-corrected chi connectivity index (χ4v) is 0.552. The van der Waals surface area contributed by atoms with Crippen LogP contribution in [0.3, 0.4) is 0 Å². The lowest BCUT2D eigenvalue weighted by Gasteiger charge is -2.23. The summed E-state index contributed by atoms with van der Waals surface area (Å²) in [6, 6.07) is 0. The number of hydrogen-bond acceptors (Lipinski definition) is 0. The van der Waals surface area contributed by atoms with E-state index >= 15 is 0 Å². The van der Waals surface area contributed by atoms with E-state index in [-0.39, 0.29) is 0 Å². The first-order valence-electron chi connectivity index (χ1n) is 2.82. The minimum atomic E-state index is -4.82. The molecule has 0 nitrogen and oxygen atoms in total. The van der Waals surface area contributed by atoms with Crippen LogP contribution in [0, 0.1) is 0 Å². The second kappa shape index (κ2) is 3.13. The van der Waals surface area contributed by atoms with Gasteiger partial charge in [0.25, 0.3) is 0 Å². The molecular formula is C5H6ClF5. The van der Waals surface area contributed by atoms with E-state index in [4.69, 9.17) is 0 Å². The van der Waals surface area contributed by atoms with Crippen LogP contribution >= 0.6 is 11.6 Å². The predicted octanol–water partition coefficient (Wildman–Crippen LogP) is 3.20. The number of rotatable bonds is 3. The molecule has 0 fully saturated rings. The van der Waals surface area contributed by atoms with E-state index in [9.17, 15) is 22.0 Å². The highest BCUT2D eigenvalue weighted by atomic mass is 35.5. The quantitative estimate of drug-likeness (QED) is 0.480. The molecule has 0 aliphatic carbocycles. The Morgan fingerprint density at radius 2 is 1.64 bits per heavy atom. The van der Waals surface area contributed by atoms with Crippen molar-refractivity contribution < 1.29 is 22.0 Å². The molecule has 1 unspecified atom stereocenters. The lowest BCUT2D eigenvalue weighted by molar-refractivity contribution is -0.195. The summed E-state index contributed by atoms with van der Waals surface area (Å²) in [5.41, 5.74) is 0. The maximum Gasteiger partial charge on any atom is 0.387 e. The minimum absolute atomic E-state index is 0.699. The van der Waals surface area contributed by atoms with Crippen LogP contribution in [-0.4, -0.2) is 17.5 Å². The molecule has 0 spiro atoms. The first-order chi connectivity index (χ1) is 4.73. The molecule has 11 heavy (non-hydrogen) atoms. The van der Waals surface area contributed by atoms with Gasteiger partial charge in [-0.25, -0.2) is 4.39 Å². The molecule has 0 amide bonds. The number of alkyl halides is 6. The van der Waals surface area contributed by atoms with Crippen LogP contribution < -0.4 is 0 Å². The van der Waals surface area contributed by atoms with Crippen LogP contribution in [0.15, 0.2) is 0 Å². The van der Waals surface area contributed by atoms with Crippen molar-refractivity contribution in [1.82, 2.24) is 0 Å². The van der Waals surface area contributed by atoms with Crippen molar-refractivity contribution in [1.29, 1.82) is 0 Å². The van der Waals surface area contributed by atoms with Crippen LogP contribution in [0.2, 0.25) is 0 Å². The average molecular weight is 197 g/mol. The monoisotopic (exact) mass is 196 g/mol. The van der Waals surface area contributed by atoms with Gasteiger partial charge in [-0.3, -0.25) is 0 Å². The SMILES string of the molecule is CCC(F)C(F)(F)C(F)(F)Cl. The normalized spacial score (nSPS) is 16.6. The lowest BCUT2D eigenvalue weighted by Crippen LogP contribution is -2.43. The summed E-state index contributed by atoms with van der Waals surface area (Å²) >= 11 is 3.98. The lowest BCUT2D eigenvalue weighted by atomic mass is 10.2. The van der Waals surface area contributed by atoms with Crippen molar-refractivity contribution in [2.24, 2.45) is 0 Å².